The highest BCUT2D eigenvalue weighted by atomic mass is 15.5. The minimum absolute atomic E-state index is 0.0625. The fourth-order valence-electron chi connectivity index (χ4n) is 5.40. The van der Waals surface area contributed by atoms with Gasteiger partial charge in [-0.3, -0.25) is 9.80 Å². The molecule has 3 heteroatoms. The Morgan fingerprint density at radius 3 is 0.667 bits per heavy atom. The van der Waals surface area contributed by atoms with E-state index in [0.717, 1.165) is 0 Å². The maximum absolute atomic E-state index is 2.66. The topological polar surface area (TPSA) is 6.48 Å². The lowest BCUT2D eigenvalue weighted by atomic mass is 9.74. The molecule has 0 bridgehead atoms. The molecule has 0 rings (SSSR count). The van der Waals surface area contributed by atoms with E-state index in [1.165, 1.54) is 0 Å². The summed E-state index contributed by atoms with van der Waals surface area (Å²) in [6, 6.07) is 0. The lowest BCUT2D eigenvalue weighted by Gasteiger charge is -2.64. The second-order valence-electron chi connectivity index (χ2n) is 10.8. The van der Waals surface area contributed by atoms with E-state index < -0.39 is 0 Å². The molecule has 0 aliphatic heterocycles. The third kappa shape index (κ3) is 4.99. The molecule has 0 saturated carbocycles. The van der Waals surface area contributed by atoms with E-state index in [1.807, 2.05) is 0 Å². The van der Waals surface area contributed by atoms with Gasteiger partial charge in [-0.15, -0.1) is 0 Å². The van der Waals surface area contributed by atoms with Gasteiger partial charge in [-0.2, -0.15) is 0 Å². The molecule has 0 aromatic carbocycles. The maximum Gasteiger partial charge on any atom is 0.146 e. The Balaban J connectivity index is 6.21. The summed E-state index contributed by atoms with van der Waals surface area (Å²) < 4.78 is 0. The van der Waals surface area contributed by atoms with Crippen molar-refractivity contribution in [2.24, 2.45) is 0 Å². The Kier molecular flexibility index (Phi) is 5.56. The molecule has 0 radical (unpaired) electrons. The van der Waals surface area contributed by atoms with Crippen molar-refractivity contribution in [1.29, 1.82) is 0 Å². The van der Waals surface area contributed by atoms with Gasteiger partial charge in [0, 0.05) is 27.7 Å². The first-order valence-electron chi connectivity index (χ1n) is 8.34. The average Bonchev–Trinajstić information content (AvgIpc) is 1.84. The first-order valence-corrected chi connectivity index (χ1v) is 8.34. The zero-order valence-corrected chi connectivity index (χ0v) is 17.4. The van der Waals surface area contributed by atoms with E-state index in [-0.39, 0.29) is 27.7 Å². The molecule has 0 aromatic rings. The zero-order chi connectivity index (χ0) is 17.7. The monoisotopic (exact) mass is 296 g/mol. The van der Waals surface area contributed by atoms with Gasteiger partial charge in [-0.1, -0.05) is 0 Å². The molecular formula is C18H41BN2. The van der Waals surface area contributed by atoms with Crippen molar-refractivity contribution in [1.82, 2.24) is 9.80 Å². The standard InChI is InChI=1S/C18H41BN2/c1-14(2,3)20(15(4,5)6)18(13,19)21(16(7,8)9)17(10,11)12/h19H2,1-13H3. The van der Waals surface area contributed by atoms with Crippen molar-refractivity contribution in [3.8, 4) is 0 Å². The summed E-state index contributed by atoms with van der Waals surface area (Å²) >= 11 is 0. The summed E-state index contributed by atoms with van der Waals surface area (Å²) in [7, 11) is 2.38. The van der Waals surface area contributed by atoms with Crippen molar-refractivity contribution in [2.75, 3.05) is 0 Å². The van der Waals surface area contributed by atoms with Gasteiger partial charge in [0.05, 0.1) is 0 Å². The summed E-state index contributed by atoms with van der Waals surface area (Å²) in [5, 5.41) is 0. The molecule has 21 heavy (non-hydrogen) atoms. The van der Waals surface area contributed by atoms with Crippen LogP contribution < -0.4 is 0 Å². The molecule has 0 spiro atoms. The largest absolute Gasteiger partial charge is 0.283 e. The van der Waals surface area contributed by atoms with Crippen molar-refractivity contribution in [3.05, 3.63) is 0 Å². The minimum Gasteiger partial charge on any atom is -0.283 e. The molecule has 0 N–H and O–H groups in total. The van der Waals surface area contributed by atoms with Crippen LogP contribution in [0.1, 0.15) is 90.0 Å². The lowest BCUT2D eigenvalue weighted by Crippen LogP contribution is -2.75. The summed E-state index contributed by atoms with van der Waals surface area (Å²) in [6.45, 7) is 30.3. The van der Waals surface area contributed by atoms with Gasteiger partial charge in [0.2, 0.25) is 0 Å². The predicted octanol–water partition coefficient (Wildman–Crippen LogP) is 4.09. The van der Waals surface area contributed by atoms with E-state index in [4.69, 9.17) is 0 Å². The van der Waals surface area contributed by atoms with Crippen LogP contribution >= 0.6 is 0 Å². The third-order valence-corrected chi connectivity index (χ3v) is 3.78. The maximum atomic E-state index is 2.66. The molecule has 0 aliphatic carbocycles. The van der Waals surface area contributed by atoms with Gasteiger partial charge >= 0.3 is 0 Å². The highest BCUT2D eigenvalue weighted by Gasteiger charge is 2.50. The molecular weight excluding hydrogens is 255 g/mol. The predicted molar refractivity (Wildman–Crippen MR) is 99.6 cm³/mol. The molecule has 0 fully saturated rings. The van der Waals surface area contributed by atoms with Gasteiger partial charge in [0.1, 0.15) is 7.85 Å². The van der Waals surface area contributed by atoms with Crippen LogP contribution in [0.4, 0.5) is 0 Å². The molecule has 0 saturated heterocycles. The molecule has 0 heterocycles. The van der Waals surface area contributed by atoms with Crippen LogP contribution in [0.3, 0.4) is 0 Å². The van der Waals surface area contributed by atoms with Crippen molar-refractivity contribution >= 4 is 7.85 Å². The van der Waals surface area contributed by atoms with E-state index in [2.05, 4.69) is 108 Å². The van der Waals surface area contributed by atoms with Crippen LogP contribution in [-0.4, -0.2) is 45.4 Å². The molecule has 2 nitrogen and oxygen atoms in total. The van der Waals surface area contributed by atoms with Gasteiger partial charge in [0.15, 0.2) is 0 Å². The molecule has 0 unspecified atom stereocenters. The Morgan fingerprint density at radius 2 is 0.571 bits per heavy atom. The quantitative estimate of drug-likeness (QED) is 0.559. The SMILES string of the molecule is BC(C)(N(C(C)(C)C)C(C)(C)C)N(C(C)(C)C)C(C)(C)C. The minimum atomic E-state index is -0.0625. The van der Waals surface area contributed by atoms with Crippen LogP contribution in [0.2, 0.25) is 0 Å². The summed E-state index contributed by atoms with van der Waals surface area (Å²) in [5.41, 5.74) is 0.313. The van der Waals surface area contributed by atoms with Gasteiger partial charge < -0.3 is 0 Å². The second-order valence-corrected chi connectivity index (χ2v) is 10.8. The molecule has 0 aromatic heterocycles. The van der Waals surface area contributed by atoms with E-state index in [1.54, 1.807) is 0 Å². The number of hydrogen-bond acceptors (Lipinski definition) is 2. The molecule has 126 valence electrons. The van der Waals surface area contributed by atoms with Gasteiger partial charge in [-0.25, -0.2) is 0 Å². The smallest absolute Gasteiger partial charge is 0.146 e. The number of rotatable bonds is 2. The lowest BCUT2D eigenvalue weighted by molar-refractivity contribution is -0.152. The van der Waals surface area contributed by atoms with Crippen LogP contribution in [0.5, 0.6) is 0 Å². The van der Waals surface area contributed by atoms with Crippen molar-refractivity contribution in [3.63, 3.8) is 0 Å². The Morgan fingerprint density at radius 1 is 0.429 bits per heavy atom. The highest BCUT2D eigenvalue weighted by molar-refractivity contribution is 6.14. The number of hydrogen-bond donors (Lipinski definition) is 0. The highest BCUT2D eigenvalue weighted by Crippen LogP contribution is 2.40. The van der Waals surface area contributed by atoms with Crippen molar-refractivity contribution in [2.45, 2.75) is 118 Å². The summed E-state index contributed by atoms with van der Waals surface area (Å²) in [4.78, 5) is 5.31. The van der Waals surface area contributed by atoms with Crippen LogP contribution in [-0.2, 0) is 0 Å². The first kappa shape index (κ1) is 21.0. The molecule has 0 atom stereocenters. The molecule has 0 amide bonds. The second kappa shape index (κ2) is 5.56. The van der Waals surface area contributed by atoms with Crippen LogP contribution in [0, 0.1) is 0 Å². The van der Waals surface area contributed by atoms with Crippen LogP contribution in [0.25, 0.3) is 0 Å². The van der Waals surface area contributed by atoms with Gasteiger partial charge in [-0.05, 0) is 90.0 Å². The van der Waals surface area contributed by atoms with Gasteiger partial charge in [0.25, 0.3) is 0 Å². The molecule has 0 aliphatic rings. The fraction of sp³-hybridized carbons (Fsp3) is 1.00. The number of nitrogens with zero attached hydrogens (tertiary/aromatic N) is 2. The normalized spacial score (nSPS) is 16.0. The van der Waals surface area contributed by atoms with E-state index in [9.17, 15) is 0 Å². The third-order valence-electron chi connectivity index (χ3n) is 3.78. The average molecular weight is 296 g/mol. The first-order chi connectivity index (χ1) is 8.73. The van der Waals surface area contributed by atoms with E-state index >= 15 is 0 Å². The summed E-state index contributed by atoms with van der Waals surface area (Å²) in [5.74, 6) is 0. The summed E-state index contributed by atoms with van der Waals surface area (Å²) in [6.07, 6.45) is 0. The van der Waals surface area contributed by atoms with Crippen LogP contribution in [0.15, 0.2) is 0 Å². The Hall–Kier alpha value is -0.0151. The Labute approximate surface area is 136 Å². The fourth-order valence-corrected chi connectivity index (χ4v) is 5.40. The Bertz CT molecular complexity index is 283. The van der Waals surface area contributed by atoms with Crippen molar-refractivity contribution < 1.29 is 0 Å². The zero-order valence-electron chi connectivity index (χ0n) is 17.4. The van der Waals surface area contributed by atoms with E-state index in [0.29, 0.717) is 0 Å².